The summed E-state index contributed by atoms with van der Waals surface area (Å²) in [5, 5.41) is 6.56. The van der Waals surface area contributed by atoms with Crippen LogP contribution in [0.15, 0.2) is 53.9 Å². The van der Waals surface area contributed by atoms with Crippen molar-refractivity contribution >= 4 is 34.9 Å². The second kappa shape index (κ2) is 7.52. The third kappa shape index (κ3) is 3.50. The Morgan fingerprint density at radius 2 is 1.87 bits per heavy atom. The number of amides is 3. The first-order valence-electron chi connectivity index (χ1n) is 9.91. The van der Waals surface area contributed by atoms with Gasteiger partial charge in [0.15, 0.2) is 0 Å². The van der Waals surface area contributed by atoms with Gasteiger partial charge in [0.05, 0.1) is 17.2 Å². The molecule has 0 bridgehead atoms. The molecule has 2 aliphatic rings. The summed E-state index contributed by atoms with van der Waals surface area (Å²) in [6, 6.07) is 15.5. The molecule has 3 aromatic rings. The molecule has 1 fully saturated rings. The highest BCUT2D eigenvalue weighted by molar-refractivity contribution is 7.09. The van der Waals surface area contributed by atoms with Crippen molar-refractivity contribution in [1.29, 1.82) is 0 Å². The first kappa shape index (κ1) is 19.3. The lowest BCUT2D eigenvalue weighted by atomic mass is 9.78. The highest BCUT2D eigenvalue weighted by Crippen LogP contribution is 2.34. The number of hydrogen-bond donors (Lipinski definition) is 1. The molecule has 3 amide bonds. The number of urea groups is 1. The summed E-state index contributed by atoms with van der Waals surface area (Å²) in [4.78, 5) is 31.9. The summed E-state index contributed by atoms with van der Waals surface area (Å²) in [5.74, 6) is -0.144. The van der Waals surface area contributed by atoms with E-state index in [0.29, 0.717) is 24.3 Å². The Kier molecular flexibility index (Phi) is 4.83. The van der Waals surface area contributed by atoms with Crippen LogP contribution in [0.4, 0.5) is 4.79 Å². The minimum atomic E-state index is -0.826. The molecule has 7 heteroatoms. The normalized spacial score (nSPS) is 20.5. The van der Waals surface area contributed by atoms with Crippen molar-refractivity contribution < 1.29 is 9.59 Å². The fourth-order valence-corrected chi connectivity index (χ4v) is 5.23. The van der Waals surface area contributed by atoms with Gasteiger partial charge in [-0.3, -0.25) is 9.69 Å². The van der Waals surface area contributed by atoms with E-state index in [2.05, 4.69) is 16.4 Å². The van der Waals surface area contributed by atoms with Crippen molar-refractivity contribution in [3.8, 4) is 0 Å². The number of fused-ring (bicyclic) bond motifs is 1. The van der Waals surface area contributed by atoms with Gasteiger partial charge >= 0.3 is 6.03 Å². The molecular weight excluding hydrogens is 418 g/mol. The molecule has 1 aliphatic heterocycles. The van der Waals surface area contributed by atoms with Crippen molar-refractivity contribution in [2.75, 3.05) is 0 Å². The monoisotopic (exact) mass is 437 g/mol. The Bertz CT molecular complexity index is 1130. The maximum Gasteiger partial charge on any atom is 0.325 e. The number of rotatable bonds is 4. The van der Waals surface area contributed by atoms with Crippen molar-refractivity contribution in [3.05, 3.63) is 86.3 Å². The predicted octanol–water partition coefficient (Wildman–Crippen LogP) is 4.37. The van der Waals surface area contributed by atoms with E-state index in [4.69, 9.17) is 11.6 Å². The minimum absolute atomic E-state index is 0.144. The maximum atomic E-state index is 13.2. The van der Waals surface area contributed by atoms with Crippen LogP contribution in [0.25, 0.3) is 0 Å². The van der Waals surface area contributed by atoms with Crippen molar-refractivity contribution in [1.82, 2.24) is 15.2 Å². The summed E-state index contributed by atoms with van der Waals surface area (Å²) in [6.45, 7) is 0.200. The van der Waals surface area contributed by atoms with Gasteiger partial charge in [0, 0.05) is 23.2 Å². The van der Waals surface area contributed by atoms with E-state index in [1.54, 1.807) is 0 Å². The van der Waals surface area contributed by atoms with E-state index in [1.165, 1.54) is 21.8 Å². The molecule has 5 rings (SSSR count). The third-order valence-corrected chi connectivity index (χ3v) is 7.02. The molecule has 2 heterocycles. The third-order valence-electron chi connectivity index (χ3n) is 5.87. The molecule has 0 saturated carbocycles. The Morgan fingerprint density at radius 1 is 1.10 bits per heavy atom. The SMILES string of the molecule is O=C1NC2(CCc3ccccc3C2)C(=O)N1Cc1csc(Cc2ccc(Cl)cc2)n1. The number of hydrogen-bond acceptors (Lipinski definition) is 4. The zero-order chi connectivity index (χ0) is 20.7. The zero-order valence-corrected chi connectivity index (χ0v) is 17.8. The van der Waals surface area contributed by atoms with E-state index in [9.17, 15) is 9.59 Å². The first-order valence-corrected chi connectivity index (χ1v) is 11.2. The number of nitrogens with zero attached hydrogens (tertiary/aromatic N) is 2. The van der Waals surface area contributed by atoms with E-state index >= 15 is 0 Å². The number of carbonyl (C=O) groups excluding carboxylic acids is 2. The van der Waals surface area contributed by atoms with Gasteiger partial charge in [-0.2, -0.15) is 0 Å². The molecule has 1 spiro atoms. The second-order valence-electron chi connectivity index (χ2n) is 7.88. The predicted molar refractivity (Wildman–Crippen MR) is 117 cm³/mol. The van der Waals surface area contributed by atoms with Crippen LogP contribution in [-0.4, -0.2) is 27.4 Å². The average Bonchev–Trinajstić information content (AvgIpc) is 3.28. The lowest BCUT2D eigenvalue weighted by Gasteiger charge is -2.32. The number of benzene rings is 2. The van der Waals surface area contributed by atoms with Gasteiger partial charge in [0.1, 0.15) is 5.54 Å². The summed E-state index contributed by atoms with van der Waals surface area (Å²) < 4.78 is 0. The van der Waals surface area contributed by atoms with E-state index in [-0.39, 0.29) is 18.5 Å². The fraction of sp³-hybridized carbons (Fsp3) is 0.261. The Morgan fingerprint density at radius 3 is 2.67 bits per heavy atom. The molecule has 5 nitrogen and oxygen atoms in total. The number of aryl methyl sites for hydroxylation is 1. The Balaban J connectivity index is 1.30. The van der Waals surface area contributed by atoms with Gasteiger partial charge in [-0.15, -0.1) is 11.3 Å². The number of thiazole rings is 1. The molecule has 30 heavy (non-hydrogen) atoms. The molecular formula is C23H20ClN3O2S. The maximum absolute atomic E-state index is 13.2. The van der Waals surface area contributed by atoms with Crippen LogP contribution in [0.3, 0.4) is 0 Å². The Hall–Kier alpha value is -2.70. The first-order chi connectivity index (χ1) is 14.5. The largest absolute Gasteiger partial charge is 0.325 e. The highest BCUT2D eigenvalue weighted by atomic mass is 35.5. The van der Waals surface area contributed by atoms with Crippen LogP contribution in [0.2, 0.25) is 5.02 Å². The van der Waals surface area contributed by atoms with Gasteiger partial charge in [0.2, 0.25) is 0 Å². The van der Waals surface area contributed by atoms with Crippen LogP contribution in [0.5, 0.6) is 0 Å². The summed E-state index contributed by atoms with van der Waals surface area (Å²) in [5.41, 5.74) is 3.43. The molecule has 1 saturated heterocycles. The fourth-order valence-electron chi connectivity index (χ4n) is 4.29. The lowest BCUT2D eigenvalue weighted by molar-refractivity contribution is -0.132. The van der Waals surface area contributed by atoms with E-state index in [0.717, 1.165) is 28.2 Å². The molecule has 2 aromatic carbocycles. The second-order valence-corrected chi connectivity index (χ2v) is 9.26. The van der Waals surface area contributed by atoms with Crippen LogP contribution in [0.1, 0.15) is 33.8 Å². The molecule has 1 aliphatic carbocycles. The van der Waals surface area contributed by atoms with E-state index < -0.39 is 5.54 Å². The number of imide groups is 1. The molecule has 1 aromatic heterocycles. The number of halogens is 1. The molecule has 1 unspecified atom stereocenters. The zero-order valence-electron chi connectivity index (χ0n) is 16.2. The van der Waals surface area contributed by atoms with Gasteiger partial charge in [0.25, 0.3) is 5.91 Å². The summed E-state index contributed by atoms with van der Waals surface area (Å²) in [7, 11) is 0. The lowest BCUT2D eigenvalue weighted by Crippen LogP contribution is -2.51. The quantitative estimate of drug-likeness (QED) is 0.616. The van der Waals surface area contributed by atoms with Crippen LogP contribution < -0.4 is 5.32 Å². The standard InChI is InChI=1S/C23H20ClN3O2S/c24-18-7-5-15(6-8-18)11-20-25-19(14-30-20)13-27-21(28)23(26-22(27)29)10-9-16-3-1-2-4-17(16)12-23/h1-8,14H,9-13H2,(H,26,29). The highest BCUT2D eigenvalue weighted by Gasteiger charge is 2.52. The van der Waals surface area contributed by atoms with Crippen LogP contribution in [0, 0.1) is 0 Å². The van der Waals surface area contributed by atoms with Gasteiger partial charge in [-0.1, -0.05) is 48.0 Å². The van der Waals surface area contributed by atoms with Gasteiger partial charge in [-0.05, 0) is 41.7 Å². The smallest absolute Gasteiger partial charge is 0.323 e. The van der Waals surface area contributed by atoms with Crippen LogP contribution in [-0.2, 0) is 30.6 Å². The van der Waals surface area contributed by atoms with Gasteiger partial charge in [-0.25, -0.2) is 9.78 Å². The van der Waals surface area contributed by atoms with E-state index in [1.807, 2.05) is 47.8 Å². The molecule has 152 valence electrons. The van der Waals surface area contributed by atoms with Crippen molar-refractivity contribution in [2.45, 2.75) is 37.8 Å². The molecule has 1 N–H and O–H groups in total. The van der Waals surface area contributed by atoms with Crippen molar-refractivity contribution in [3.63, 3.8) is 0 Å². The number of carbonyl (C=O) groups is 2. The van der Waals surface area contributed by atoms with Gasteiger partial charge < -0.3 is 5.32 Å². The molecule has 1 atom stereocenters. The summed E-state index contributed by atoms with van der Waals surface area (Å²) >= 11 is 7.48. The number of nitrogens with one attached hydrogen (secondary N) is 1. The topological polar surface area (TPSA) is 62.3 Å². The number of aromatic nitrogens is 1. The average molecular weight is 438 g/mol. The van der Waals surface area contributed by atoms with Crippen molar-refractivity contribution in [2.24, 2.45) is 0 Å². The minimum Gasteiger partial charge on any atom is -0.323 e. The summed E-state index contributed by atoms with van der Waals surface area (Å²) in [6.07, 6.45) is 2.66. The Labute approximate surface area is 183 Å². The van der Waals surface area contributed by atoms with Crippen LogP contribution >= 0.6 is 22.9 Å². The molecule has 0 radical (unpaired) electrons.